The maximum absolute atomic E-state index is 13.5. The number of nitrogens with two attached hydrogens (primary N) is 1. The minimum absolute atomic E-state index is 0.0210. The number of carbonyl (C=O) groups excluding carboxylic acids is 1. The number of methoxy groups -OCH3 is 2. The molecule has 0 bridgehead atoms. The van der Waals surface area contributed by atoms with Gasteiger partial charge in [-0.05, 0) is 36.1 Å². The van der Waals surface area contributed by atoms with E-state index in [1.165, 1.54) is 0 Å². The van der Waals surface area contributed by atoms with Crippen molar-refractivity contribution in [3.63, 3.8) is 0 Å². The van der Waals surface area contributed by atoms with Crippen molar-refractivity contribution >= 4 is 29.3 Å². The van der Waals surface area contributed by atoms with E-state index >= 15 is 0 Å². The lowest BCUT2D eigenvalue weighted by Gasteiger charge is -2.35. The van der Waals surface area contributed by atoms with Crippen LogP contribution >= 0.6 is 11.6 Å². The molecule has 8 nitrogen and oxygen atoms in total. The molecule has 2 aromatic carbocycles. The Morgan fingerprint density at radius 3 is 2.66 bits per heavy atom. The Labute approximate surface area is 190 Å². The monoisotopic (exact) mass is 451 g/mol. The van der Waals surface area contributed by atoms with Crippen molar-refractivity contribution in [1.29, 1.82) is 0 Å². The second kappa shape index (κ2) is 7.87. The van der Waals surface area contributed by atoms with Gasteiger partial charge in [0.05, 0.1) is 14.2 Å². The first-order chi connectivity index (χ1) is 15.5. The van der Waals surface area contributed by atoms with Gasteiger partial charge in [0.1, 0.15) is 6.04 Å². The van der Waals surface area contributed by atoms with Crippen LogP contribution < -0.4 is 20.5 Å². The number of aromatic nitrogens is 3. The lowest BCUT2D eigenvalue weighted by atomic mass is 9.78. The summed E-state index contributed by atoms with van der Waals surface area (Å²) in [6.45, 7) is 0. The van der Waals surface area contributed by atoms with Crippen molar-refractivity contribution in [3.8, 4) is 11.5 Å². The third kappa shape index (κ3) is 3.27. The van der Waals surface area contributed by atoms with Crippen LogP contribution in [0.5, 0.6) is 11.5 Å². The quantitative estimate of drug-likeness (QED) is 0.618. The fourth-order valence-electron chi connectivity index (χ4n) is 4.56. The molecule has 0 amide bonds. The second-order valence-corrected chi connectivity index (χ2v) is 8.23. The number of halogens is 1. The maximum Gasteiger partial charge on any atom is 0.241 e. The Balaban J connectivity index is 1.59. The molecule has 164 valence electrons. The normalized spacial score (nSPS) is 19.8. The summed E-state index contributed by atoms with van der Waals surface area (Å²) in [6, 6.07) is 12.7. The summed E-state index contributed by atoms with van der Waals surface area (Å²) in [5.41, 5.74) is 9.14. The van der Waals surface area contributed by atoms with E-state index in [4.69, 9.17) is 26.8 Å². The number of ketones is 1. The number of nitrogens with zero attached hydrogens (tertiary/aromatic N) is 3. The third-order valence-electron chi connectivity index (χ3n) is 6.02. The first kappa shape index (κ1) is 20.4. The molecule has 32 heavy (non-hydrogen) atoms. The van der Waals surface area contributed by atoms with Gasteiger partial charge in [0.2, 0.25) is 11.9 Å². The van der Waals surface area contributed by atoms with Crippen molar-refractivity contribution in [2.45, 2.75) is 24.8 Å². The van der Waals surface area contributed by atoms with Crippen molar-refractivity contribution in [1.82, 2.24) is 14.8 Å². The maximum atomic E-state index is 13.5. The number of hydrogen-bond acceptors (Lipinski definition) is 7. The molecule has 1 aromatic heterocycles. The molecule has 0 unspecified atom stereocenters. The Hall–Kier alpha value is -3.52. The van der Waals surface area contributed by atoms with Gasteiger partial charge in [-0.25, -0.2) is 4.68 Å². The molecule has 0 saturated carbocycles. The number of benzene rings is 2. The number of nitrogens with one attached hydrogen (secondary N) is 1. The number of ether oxygens (including phenoxy) is 2. The second-order valence-electron chi connectivity index (χ2n) is 7.82. The standard InChI is InChI=1S/C23H22ClN5O3/c1-31-18-8-7-12(11-19(18)32-2)13-9-16-20(17(30)10-13)21(14-5-3-4-6-15(14)24)29-23(26-16)27-22(25)28-29/h3-8,11,13,21H,9-10H2,1-2H3,(H3,25,26,27,28)/t13-,21-/m1/s1. The molecule has 2 aliphatic rings. The smallest absolute Gasteiger partial charge is 0.241 e. The summed E-state index contributed by atoms with van der Waals surface area (Å²) in [7, 11) is 3.20. The average Bonchev–Trinajstić information content (AvgIpc) is 3.17. The lowest BCUT2D eigenvalue weighted by Crippen LogP contribution is -2.33. The Morgan fingerprint density at radius 1 is 1.12 bits per heavy atom. The van der Waals surface area contributed by atoms with E-state index in [1.54, 1.807) is 25.0 Å². The Bertz CT molecular complexity index is 1250. The third-order valence-corrected chi connectivity index (χ3v) is 6.36. The summed E-state index contributed by atoms with van der Waals surface area (Å²) in [5, 5.41) is 8.19. The first-order valence-electron chi connectivity index (χ1n) is 10.2. The number of hydrogen-bond donors (Lipinski definition) is 2. The van der Waals surface area contributed by atoms with Crippen LogP contribution in [0.1, 0.15) is 35.9 Å². The van der Waals surface area contributed by atoms with Crippen LogP contribution in [-0.2, 0) is 4.79 Å². The minimum Gasteiger partial charge on any atom is -0.493 e. The minimum atomic E-state index is -0.487. The number of fused-ring (bicyclic) bond motifs is 1. The summed E-state index contributed by atoms with van der Waals surface area (Å²) < 4.78 is 12.4. The number of nitrogen functional groups attached to an aromatic ring is 1. The van der Waals surface area contributed by atoms with Gasteiger partial charge in [-0.2, -0.15) is 4.98 Å². The number of Topliss-reactive ketones (excluding diaryl/α,β-unsaturated/α-hetero) is 1. The fourth-order valence-corrected chi connectivity index (χ4v) is 4.79. The average molecular weight is 452 g/mol. The number of carbonyl (C=O) groups is 1. The largest absolute Gasteiger partial charge is 0.493 e. The zero-order valence-corrected chi connectivity index (χ0v) is 18.4. The van der Waals surface area contributed by atoms with Gasteiger partial charge in [-0.3, -0.25) is 4.79 Å². The molecule has 0 saturated heterocycles. The number of anilines is 2. The van der Waals surface area contributed by atoms with Crippen molar-refractivity contribution in [3.05, 3.63) is 69.9 Å². The van der Waals surface area contributed by atoms with Crippen molar-refractivity contribution < 1.29 is 14.3 Å². The Morgan fingerprint density at radius 2 is 1.91 bits per heavy atom. The topological polar surface area (TPSA) is 104 Å². The molecule has 5 rings (SSSR count). The predicted molar refractivity (Wildman–Crippen MR) is 121 cm³/mol. The van der Waals surface area contributed by atoms with Gasteiger partial charge in [-0.1, -0.05) is 35.9 Å². The molecule has 3 N–H and O–H groups in total. The molecule has 0 spiro atoms. The van der Waals surface area contributed by atoms with Crippen LogP contribution in [0.15, 0.2) is 53.7 Å². The fraction of sp³-hybridized carbons (Fsp3) is 0.261. The van der Waals surface area contributed by atoms with Gasteiger partial charge in [0.25, 0.3) is 0 Å². The van der Waals surface area contributed by atoms with E-state index in [2.05, 4.69) is 15.4 Å². The zero-order chi connectivity index (χ0) is 22.4. The molecular weight excluding hydrogens is 430 g/mol. The van der Waals surface area contributed by atoms with E-state index in [1.807, 2.05) is 36.4 Å². The summed E-state index contributed by atoms with van der Waals surface area (Å²) in [6.07, 6.45) is 0.987. The molecule has 9 heteroatoms. The highest BCUT2D eigenvalue weighted by Crippen LogP contribution is 2.46. The van der Waals surface area contributed by atoms with E-state index < -0.39 is 6.04 Å². The molecule has 3 aromatic rings. The molecular formula is C23H22ClN5O3. The molecule has 1 aliphatic carbocycles. The van der Waals surface area contributed by atoms with Crippen LogP contribution in [0.4, 0.5) is 11.9 Å². The van der Waals surface area contributed by atoms with Crippen LogP contribution in [0, 0.1) is 0 Å². The summed E-state index contributed by atoms with van der Waals surface area (Å²) >= 11 is 6.52. The van der Waals surface area contributed by atoms with E-state index in [9.17, 15) is 4.79 Å². The molecule has 0 fully saturated rings. The highest BCUT2D eigenvalue weighted by molar-refractivity contribution is 6.31. The molecule has 2 heterocycles. The van der Waals surface area contributed by atoms with Gasteiger partial charge in [0, 0.05) is 28.3 Å². The van der Waals surface area contributed by atoms with Crippen molar-refractivity contribution in [2.75, 3.05) is 25.3 Å². The van der Waals surface area contributed by atoms with Gasteiger partial charge in [0.15, 0.2) is 17.3 Å². The highest BCUT2D eigenvalue weighted by Gasteiger charge is 2.40. The Kier molecular flexibility index (Phi) is 5.01. The lowest BCUT2D eigenvalue weighted by molar-refractivity contribution is -0.116. The van der Waals surface area contributed by atoms with Crippen LogP contribution in [-0.4, -0.2) is 34.8 Å². The SMILES string of the molecule is COc1ccc([C@H]2CC(=O)C3=C(C2)Nc2nc(N)nn2[C@@H]3c2ccccc2Cl)cc1OC. The van der Waals surface area contributed by atoms with E-state index in [0.29, 0.717) is 40.9 Å². The number of allylic oxidation sites excluding steroid dienone is 2. The zero-order valence-electron chi connectivity index (χ0n) is 17.6. The molecule has 1 aliphatic heterocycles. The van der Waals surface area contributed by atoms with E-state index in [-0.39, 0.29) is 17.6 Å². The van der Waals surface area contributed by atoms with Gasteiger partial charge < -0.3 is 20.5 Å². The highest BCUT2D eigenvalue weighted by atomic mass is 35.5. The van der Waals surface area contributed by atoms with Crippen LogP contribution in [0.2, 0.25) is 5.02 Å². The van der Waals surface area contributed by atoms with Crippen LogP contribution in [0.25, 0.3) is 0 Å². The van der Waals surface area contributed by atoms with Gasteiger partial charge >= 0.3 is 0 Å². The van der Waals surface area contributed by atoms with Gasteiger partial charge in [-0.15, -0.1) is 5.10 Å². The van der Waals surface area contributed by atoms with Crippen molar-refractivity contribution in [2.24, 2.45) is 0 Å². The number of rotatable bonds is 4. The molecule has 2 atom stereocenters. The predicted octanol–water partition coefficient (Wildman–Crippen LogP) is 3.95. The first-order valence-corrected chi connectivity index (χ1v) is 10.6. The summed E-state index contributed by atoms with van der Waals surface area (Å²) in [4.78, 5) is 17.8. The molecule has 0 radical (unpaired) electrons. The van der Waals surface area contributed by atoms with E-state index in [0.717, 1.165) is 16.8 Å². The van der Waals surface area contributed by atoms with Crippen LogP contribution in [0.3, 0.4) is 0 Å². The summed E-state index contributed by atoms with van der Waals surface area (Å²) in [5.74, 6) is 1.92.